The molecule has 2 heterocycles. The van der Waals surface area contributed by atoms with Gasteiger partial charge in [0.25, 0.3) is 5.91 Å². The van der Waals surface area contributed by atoms with Crippen molar-refractivity contribution in [3.8, 4) is 0 Å². The van der Waals surface area contributed by atoms with E-state index in [4.69, 9.17) is 5.73 Å². The van der Waals surface area contributed by atoms with Gasteiger partial charge in [0, 0.05) is 24.3 Å². The second-order valence-electron chi connectivity index (χ2n) is 4.66. The number of para-hydroxylation sites is 1. The highest BCUT2D eigenvalue weighted by Crippen LogP contribution is 2.19. The van der Waals surface area contributed by atoms with Gasteiger partial charge in [0.05, 0.1) is 11.1 Å². The van der Waals surface area contributed by atoms with E-state index in [0.717, 1.165) is 10.9 Å². The van der Waals surface area contributed by atoms with Crippen molar-refractivity contribution in [1.82, 2.24) is 15.3 Å². The van der Waals surface area contributed by atoms with Gasteiger partial charge in [-0.1, -0.05) is 24.3 Å². The van der Waals surface area contributed by atoms with Gasteiger partial charge in [0.1, 0.15) is 5.82 Å². The molecule has 0 spiro atoms. The van der Waals surface area contributed by atoms with Crippen molar-refractivity contribution in [2.45, 2.75) is 6.54 Å². The van der Waals surface area contributed by atoms with Gasteiger partial charge < -0.3 is 11.1 Å². The van der Waals surface area contributed by atoms with Gasteiger partial charge in [0.15, 0.2) is 0 Å². The molecule has 0 fully saturated rings. The summed E-state index contributed by atoms with van der Waals surface area (Å²) in [5.41, 5.74) is 7.95. The van der Waals surface area contributed by atoms with Gasteiger partial charge in [-0.15, -0.1) is 0 Å². The topological polar surface area (TPSA) is 80.9 Å². The Hall–Kier alpha value is -2.95. The molecular formula is C16H14N4O. The fourth-order valence-electron chi connectivity index (χ4n) is 2.16. The molecule has 5 nitrogen and oxygen atoms in total. The number of pyridine rings is 2. The maximum absolute atomic E-state index is 12.4. The monoisotopic (exact) mass is 278 g/mol. The molecule has 21 heavy (non-hydrogen) atoms. The molecule has 2 aromatic heterocycles. The third-order valence-corrected chi connectivity index (χ3v) is 3.16. The van der Waals surface area contributed by atoms with Crippen LogP contribution in [0.25, 0.3) is 10.9 Å². The number of hydrogen-bond donors (Lipinski definition) is 2. The first-order chi connectivity index (χ1) is 10.2. The van der Waals surface area contributed by atoms with E-state index in [2.05, 4.69) is 15.3 Å². The number of nitrogens with two attached hydrogens (primary N) is 1. The van der Waals surface area contributed by atoms with E-state index in [-0.39, 0.29) is 5.91 Å². The van der Waals surface area contributed by atoms with E-state index in [1.165, 1.54) is 0 Å². The highest BCUT2D eigenvalue weighted by Gasteiger charge is 2.11. The summed E-state index contributed by atoms with van der Waals surface area (Å²) in [6.45, 7) is 0.420. The van der Waals surface area contributed by atoms with Crippen LogP contribution in [0.3, 0.4) is 0 Å². The zero-order valence-electron chi connectivity index (χ0n) is 11.3. The number of nitrogen functional groups attached to an aromatic ring is 1. The van der Waals surface area contributed by atoms with Crippen LogP contribution in [0, 0.1) is 0 Å². The molecule has 1 amide bonds. The average molecular weight is 278 g/mol. The lowest BCUT2D eigenvalue weighted by Gasteiger charge is -2.08. The number of nitrogens with one attached hydrogen (secondary N) is 1. The number of carbonyl (C=O) groups excluding carboxylic acids is 1. The SMILES string of the molecule is Nc1cc(C(=O)NCc2cccnc2)c2ccccc2n1. The predicted molar refractivity (Wildman–Crippen MR) is 81.6 cm³/mol. The summed E-state index contributed by atoms with van der Waals surface area (Å²) in [5.74, 6) is 0.157. The van der Waals surface area contributed by atoms with E-state index < -0.39 is 0 Å². The van der Waals surface area contributed by atoms with Crippen LogP contribution in [0.5, 0.6) is 0 Å². The van der Waals surface area contributed by atoms with Crippen molar-refractivity contribution in [3.05, 3.63) is 66.0 Å². The Labute approximate surface area is 121 Å². The lowest BCUT2D eigenvalue weighted by molar-refractivity contribution is 0.0952. The zero-order chi connectivity index (χ0) is 14.7. The molecule has 0 bridgehead atoms. The van der Waals surface area contributed by atoms with Crippen LogP contribution in [-0.4, -0.2) is 15.9 Å². The number of aromatic nitrogens is 2. The average Bonchev–Trinajstić information content (AvgIpc) is 2.52. The molecule has 3 rings (SSSR count). The Morgan fingerprint density at radius 3 is 2.86 bits per heavy atom. The van der Waals surface area contributed by atoms with Gasteiger partial charge in [-0.2, -0.15) is 0 Å². The Morgan fingerprint density at radius 1 is 1.19 bits per heavy atom. The number of hydrogen-bond acceptors (Lipinski definition) is 4. The molecule has 0 unspecified atom stereocenters. The molecular weight excluding hydrogens is 264 g/mol. The zero-order valence-corrected chi connectivity index (χ0v) is 11.3. The van der Waals surface area contributed by atoms with Gasteiger partial charge in [-0.3, -0.25) is 9.78 Å². The number of benzene rings is 1. The van der Waals surface area contributed by atoms with Gasteiger partial charge in [0.2, 0.25) is 0 Å². The molecule has 3 aromatic rings. The van der Waals surface area contributed by atoms with Crippen molar-refractivity contribution in [2.24, 2.45) is 0 Å². The van der Waals surface area contributed by atoms with Crippen molar-refractivity contribution in [3.63, 3.8) is 0 Å². The second-order valence-corrected chi connectivity index (χ2v) is 4.66. The van der Waals surface area contributed by atoms with Crippen molar-refractivity contribution in [1.29, 1.82) is 0 Å². The first kappa shape index (κ1) is 13.1. The molecule has 0 aliphatic rings. The van der Waals surface area contributed by atoms with Crippen molar-refractivity contribution in [2.75, 3.05) is 5.73 Å². The van der Waals surface area contributed by atoms with E-state index in [1.807, 2.05) is 36.4 Å². The van der Waals surface area contributed by atoms with E-state index in [0.29, 0.717) is 23.4 Å². The Morgan fingerprint density at radius 2 is 2.05 bits per heavy atom. The van der Waals surface area contributed by atoms with E-state index in [1.54, 1.807) is 18.5 Å². The summed E-state index contributed by atoms with van der Waals surface area (Å²) in [6.07, 6.45) is 3.42. The quantitative estimate of drug-likeness (QED) is 0.769. The lowest BCUT2D eigenvalue weighted by Crippen LogP contribution is -2.23. The van der Waals surface area contributed by atoms with E-state index >= 15 is 0 Å². The molecule has 0 aliphatic carbocycles. The fourth-order valence-corrected chi connectivity index (χ4v) is 2.16. The second kappa shape index (κ2) is 5.58. The number of amides is 1. The highest BCUT2D eigenvalue weighted by molar-refractivity contribution is 6.06. The minimum atomic E-state index is -0.177. The normalized spacial score (nSPS) is 10.5. The highest BCUT2D eigenvalue weighted by atomic mass is 16.1. The number of carbonyl (C=O) groups is 1. The summed E-state index contributed by atoms with van der Waals surface area (Å²) in [5, 5.41) is 3.66. The molecule has 0 saturated carbocycles. The minimum absolute atomic E-state index is 0.177. The Balaban J connectivity index is 1.88. The smallest absolute Gasteiger partial charge is 0.252 e. The molecule has 0 aliphatic heterocycles. The number of rotatable bonds is 3. The van der Waals surface area contributed by atoms with Gasteiger partial charge in [-0.25, -0.2) is 4.98 Å². The summed E-state index contributed by atoms with van der Waals surface area (Å²) in [4.78, 5) is 20.6. The van der Waals surface area contributed by atoms with Crippen LogP contribution in [-0.2, 0) is 6.54 Å². The summed E-state index contributed by atoms with van der Waals surface area (Å²) in [7, 11) is 0. The maximum atomic E-state index is 12.4. The standard InChI is InChI=1S/C16H14N4O/c17-15-8-13(12-5-1-2-6-14(12)20-15)16(21)19-10-11-4-3-7-18-9-11/h1-9H,10H2,(H2,17,20)(H,19,21). The summed E-state index contributed by atoms with van der Waals surface area (Å²) < 4.78 is 0. The third-order valence-electron chi connectivity index (χ3n) is 3.16. The van der Waals surface area contributed by atoms with Crippen LogP contribution >= 0.6 is 0 Å². The molecule has 5 heteroatoms. The molecule has 3 N–H and O–H groups in total. The first-order valence-corrected chi connectivity index (χ1v) is 6.56. The Kier molecular flexibility index (Phi) is 3.47. The molecule has 0 saturated heterocycles. The number of anilines is 1. The van der Waals surface area contributed by atoms with Crippen LogP contribution in [0.2, 0.25) is 0 Å². The first-order valence-electron chi connectivity index (χ1n) is 6.56. The lowest BCUT2D eigenvalue weighted by atomic mass is 10.1. The van der Waals surface area contributed by atoms with E-state index in [9.17, 15) is 4.79 Å². The van der Waals surface area contributed by atoms with Crippen LogP contribution in [0.1, 0.15) is 15.9 Å². The molecule has 0 radical (unpaired) electrons. The number of fused-ring (bicyclic) bond motifs is 1. The summed E-state index contributed by atoms with van der Waals surface area (Å²) >= 11 is 0. The third kappa shape index (κ3) is 2.81. The van der Waals surface area contributed by atoms with Crippen molar-refractivity contribution >= 4 is 22.6 Å². The summed E-state index contributed by atoms with van der Waals surface area (Å²) in [6, 6.07) is 12.8. The fraction of sp³-hybridized carbons (Fsp3) is 0.0625. The maximum Gasteiger partial charge on any atom is 0.252 e. The molecule has 104 valence electrons. The van der Waals surface area contributed by atoms with Crippen LogP contribution < -0.4 is 11.1 Å². The molecule has 0 atom stereocenters. The Bertz CT molecular complexity index is 787. The largest absolute Gasteiger partial charge is 0.384 e. The van der Waals surface area contributed by atoms with Gasteiger partial charge in [-0.05, 0) is 23.8 Å². The van der Waals surface area contributed by atoms with Gasteiger partial charge >= 0.3 is 0 Å². The van der Waals surface area contributed by atoms with Crippen LogP contribution in [0.15, 0.2) is 54.9 Å². The van der Waals surface area contributed by atoms with Crippen molar-refractivity contribution < 1.29 is 4.79 Å². The van der Waals surface area contributed by atoms with Crippen LogP contribution in [0.4, 0.5) is 5.82 Å². The molecule has 1 aromatic carbocycles. The minimum Gasteiger partial charge on any atom is -0.384 e. The number of nitrogens with zero attached hydrogens (tertiary/aromatic N) is 2. The predicted octanol–water partition coefficient (Wildman–Crippen LogP) is 2.14.